The zero-order chi connectivity index (χ0) is 18.5. The highest BCUT2D eigenvalue weighted by molar-refractivity contribution is 5.37. The highest BCUT2D eigenvalue weighted by Crippen LogP contribution is 2.32. The van der Waals surface area contributed by atoms with E-state index in [-0.39, 0.29) is 0 Å². The molecule has 0 saturated carbocycles. The smallest absolute Gasteiger partial charge is 0.0914 e. The number of hydrogen-bond donors (Lipinski definition) is 3. The van der Waals surface area contributed by atoms with Gasteiger partial charge < -0.3 is 16.0 Å². The normalized spacial score (nSPS) is 19.5. The maximum Gasteiger partial charge on any atom is 0.0914 e. The highest BCUT2D eigenvalue weighted by atomic mass is 15.1. The van der Waals surface area contributed by atoms with Crippen LogP contribution in [0.5, 0.6) is 0 Å². The van der Waals surface area contributed by atoms with Crippen molar-refractivity contribution in [3.05, 3.63) is 83.2 Å². The van der Waals surface area contributed by atoms with E-state index in [2.05, 4.69) is 91.8 Å². The highest BCUT2D eigenvalue weighted by Gasteiger charge is 2.32. The molecule has 1 heterocycles. The van der Waals surface area contributed by atoms with Gasteiger partial charge in [-0.05, 0) is 38.3 Å². The van der Waals surface area contributed by atoms with E-state index < -0.39 is 0 Å². The summed E-state index contributed by atoms with van der Waals surface area (Å²) in [6.07, 6.45) is 1.08. The summed E-state index contributed by atoms with van der Waals surface area (Å²) in [6, 6.07) is 18.8. The summed E-state index contributed by atoms with van der Waals surface area (Å²) in [4.78, 5) is 0. The van der Waals surface area contributed by atoms with Crippen molar-refractivity contribution in [1.82, 2.24) is 16.0 Å². The summed E-state index contributed by atoms with van der Waals surface area (Å²) in [5, 5.41) is 10.5. The van der Waals surface area contributed by atoms with Gasteiger partial charge in [-0.2, -0.15) is 0 Å². The van der Waals surface area contributed by atoms with E-state index in [1.807, 2.05) is 0 Å². The third-order valence-corrected chi connectivity index (χ3v) is 5.21. The quantitative estimate of drug-likeness (QED) is 0.711. The summed E-state index contributed by atoms with van der Waals surface area (Å²) in [5.74, 6) is 1.28. The summed E-state index contributed by atoms with van der Waals surface area (Å²) < 4.78 is 0. The number of rotatable bonds is 7. The van der Waals surface area contributed by atoms with Crippen molar-refractivity contribution in [3.63, 3.8) is 0 Å². The maximum atomic E-state index is 4.06. The minimum absolute atomic E-state index is 0.357. The minimum Gasteiger partial charge on any atom is -0.373 e. The third kappa shape index (κ3) is 4.47. The molecule has 3 N–H and O–H groups in total. The first-order chi connectivity index (χ1) is 12.6. The van der Waals surface area contributed by atoms with Crippen LogP contribution in [0.25, 0.3) is 0 Å². The van der Waals surface area contributed by atoms with E-state index in [9.17, 15) is 0 Å². The summed E-state index contributed by atoms with van der Waals surface area (Å²) in [5.41, 5.74) is 5.36. The predicted molar refractivity (Wildman–Crippen MR) is 110 cm³/mol. The zero-order valence-electron chi connectivity index (χ0n) is 16.2. The summed E-state index contributed by atoms with van der Waals surface area (Å²) in [7, 11) is 0. The maximum absolute atomic E-state index is 4.06. The van der Waals surface area contributed by atoms with Crippen LogP contribution in [0.2, 0.25) is 0 Å². The first kappa shape index (κ1) is 18.5. The van der Waals surface area contributed by atoms with Crippen molar-refractivity contribution in [3.8, 4) is 0 Å². The van der Waals surface area contributed by atoms with Crippen molar-refractivity contribution in [2.45, 2.75) is 45.2 Å². The molecule has 2 atom stereocenters. The Morgan fingerprint density at radius 3 is 2.08 bits per heavy atom. The van der Waals surface area contributed by atoms with Crippen LogP contribution in [0.4, 0.5) is 0 Å². The molecule has 0 bridgehead atoms. The Kier molecular flexibility index (Phi) is 6.00. The molecule has 1 saturated heterocycles. The van der Waals surface area contributed by atoms with Gasteiger partial charge in [-0.25, -0.2) is 0 Å². The number of hydrogen-bond acceptors (Lipinski definition) is 3. The Bertz CT molecular complexity index is 673. The van der Waals surface area contributed by atoms with E-state index in [4.69, 9.17) is 0 Å². The molecule has 3 heteroatoms. The molecule has 2 aromatic rings. The van der Waals surface area contributed by atoms with Crippen molar-refractivity contribution in [1.29, 1.82) is 0 Å². The standard InChI is InChI=1S/C23H31N3/c1-5-24-18(4)26-21-14-22(25-15-21)23(19-10-6-16(2)7-11-19)20-12-8-17(3)9-13-20/h6-13,21-26H,4-5,14-15H2,1-3H3. The lowest BCUT2D eigenvalue weighted by molar-refractivity contribution is 0.519. The molecule has 0 aliphatic carbocycles. The molecule has 138 valence electrons. The van der Waals surface area contributed by atoms with Crippen LogP contribution < -0.4 is 16.0 Å². The second-order valence-electron chi connectivity index (χ2n) is 7.40. The zero-order valence-corrected chi connectivity index (χ0v) is 16.2. The molecular formula is C23H31N3. The van der Waals surface area contributed by atoms with Gasteiger partial charge in [0.25, 0.3) is 0 Å². The number of nitrogens with one attached hydrogen (secondary N) is 3. The summed E-state index contributed by atoms with van der Waals surface area (Å²) in [6.45, 7) is 12.3. The molecule has 3 nitrogen and oxygen atoms in total. The van der Waals surface area contributed by atoms with Crippen molar-refractivity contribution >= 4 is 0 Å². The Morgan fingerprint density at radius 2 is 1.58 bits per heavy atom. The van der Waals surface area contributed by atoms with E-state index in [1.54, 1.807) is 0 Å². The third-order valence-electron chi connectivity index (χ3n) is 5.21. The predicted octanol–water partition coefficient (Wildman–Crippen LogP) is 3.84. The van der Waals surface area contributed by atoms with Crippen LogP contribution in [-0.4, -0.2) is 25.2 Å². The molecule has 0 radical (unpaired) electrons. The largest absolute Gasteiger partial charge is 0.373 e. The molecule has 2 aromatic carbocycles. The molecule has 1 fully saturated rings. The summed E-state index contributed by atoms with van der Waals surface area (Å²) >= 11 is 0. The van der Waals surface area contributed by atoms with Crippen LogP contribution in [0.1, 0.15) is 41.5 Å². The SMILES string of the molecule is C=C(NCC)NC1CNC(C(c2ccc(C)cc2)c2ccc(C)cc2)C1. The average Bonchev–Trinajstić information content (AvgIpc) is 3.06. The van der Waals surface area contributed by atoms with Crippen LogP contribution in [0, 0.1) is 13.8 Å². The Morgan fingerprint density at radius 1 is 1.04 bits per heavy atom. The molecule has 1 aliphatic rings. The van der Waals surface area contributed by atoms with Crippen LogP contribution in [0.15, 0.2) is 60.9 Å². The van der Waals surface area contributed by atoms with E-state index in [0.717, 1.165) is 25.3 Å². The van der Waals surface area contributed by atoms with Crippen LogP contribution in [0.3, 0.4) is 0 Å². The van der Waals surface area contributed by atoms with Crippen molar-refractivity contribution < 1.29 is 0 Å². The van der Waals surface area contributed by atoms with E-state index >= 15 is 0 Å². The molecule has 3 rings (SSSR count). The van der Waals surface area contributed by atoms with E-state index in [1.165, 1.54) is 22.3 Å². The topological polar surface area (TPSA) is 36.1 Å². The molecule has 26 heavy (non-hydrogen) atoms. The second-order valence-corrected chi connectivity index (χ2v) is 7.40. The van der Waals surface area contributed by atoms with Crippen LogP contribution in [-0.2, 0) is 0 Å². The van der Waals surface area contributed by atoms with Gasteiger partial charge >= 0.3 is 0 Å². The van der Waals surface area contributed by atoms with Gasteiger partial charge in [0.2, 0.25) is 0 Å². The monoisotopic (exact) mass is 349 g/mol. The lowest BCUT2D eigenvalue weighted by Crippen LogP contribution is -2.35. The Balaban J connectivity index is 1.81. The van der Waals surface area contributed by atoms with Gasteiger partial charge in [0.15, 0.2) is 0 Å². The number of aryl methyl sites for hydroxylation is 2. The molecule has 0 aromatic heterocycles. The minimum atomic E-state index is 0.357. The average molecular weight is 350 g/mol. The number of benzene rings is 2. The first-order valence-electron chi connectivity index (χ1n) is 9.62. The van der Waals surface area contributed by atoms with Crippen molar-refractivity contribution in [2.24, 2.45) is 0 Å². The lowest BCUT2D eigenvalue weighted by Gasteiger charge is -2.26. The van der Waals surface area contributed by atoms with Gasteiger partial charge in [-0.15, -0.1) is 0 Å². The molecule has 2 unspecified atom stereocenters. The molecule has 1 aliphatic heterocycles. The fraction of sp³-hybridized carbons (Fsp3) is 0.391. The fourth-order valence-corrected chi connectivity index (χ4v) is 3.85. The van der Waals surface area contributed by atoms with E-state index in [0.29, 0.717) is 18.0 Å². The first-order valence-corrected chi connectivity index (χ1v) is 9.62. The van der Waals surface area contributed by atoms with Gasteiger partial charge in [0.05, 0.1) is 5.82 Å². The Labute approximate surface area is 157 Å². The second kappa shape index (κ2) is 8.41. The molecular weight excluding hydrogens is 318 g/mol. The molecule has 0 amide bonds. The fourth-order valence-electron chi connectivity index (χ4n) is 3.85. The van der Waals surface area contributed by atoms with Crippen LogP contribution >= 0.6 is 0 Å². The van der Waals surface area contributed by atoms with Gasteiger partial charge in [0, 0.05) is 31.1 Å². The van der Waals surface area contributed by atoms with Gasteiger partial charge in [0.1, 0.15) is 0 Å². The molecule has 0 spiro atoms. The van der Waals surface area contributed by atoms with Gasteiger partial charge in [-0.1, -0.05) is 66.2 Å². The lowest BCUT2D eigenvalue weighted by atomic mass is 9.83. The Hall–Kier alpha value is -2.26. The van der Waals surface area contributed by atoms with Gasteiger partial charge in [-0.3, -0.25) is 0 Å². The van der Waals surface area contributed by atoms with Crippen molar-refractivity contribution in [2.75, 3.05) is 13.1 Å².